The number of ether oxygens (including phenoxy) is 3. The van der Waals surface area contributed by atoms with Crippen LogP contribution >= 0.6 is 0 Å². The summed E-state index contributed by atoms with van der Waals surface area (Å²) in [6, 6.07) is 10.7. The molecule has 0 radical (unpaired) electrons. The predicted molar refractivity (Wildman–Crippen MR) is 108 cm³/mol. The monoisotopic (exact) mass is 399 g/mol. The van der Waals surface area contributed by atoms with Gasteiger partial charge in [0.2, 0.25) is 0 Å². The van der Waals surface area contributed by atoms with Gasteiger partial charge in [0, 0.05) is 18.0 Å². The van der Waals surface area contributed by atoms with Crippen LogP contribution in [0.3, 0.4) is 0 Å². The molecule has 0 unspecified atom stereocenters. The highest BCUT2D eigenvalue weighted by Crippen LogP contribution is 2.30. The molecule has 0 bridgehead atoms. The number of rotatable bonds is 7. The third-order valence-electron chi connectivity index (χ3n) is 3.83. The number of hydrogen-bond acceptors (Lipinski definition) is 7. The van der Waals surface area contributed by atoms with Gasteiger partial charge >= 0.3 is 11.9 Å². The van der Waals surface area contributed by atoms with Crippen molar-refractivity contribution in [3.8, 4) is 17.2 Å². The Hall–Kier alpha value is -3.19. The fraction of sp³-hybridized carbons (Fsp3) is 0.318. The first kappa shape index (κ1) is 22.1. The van der Waals surface area contributed by atoms with Gasteiger partial charge in [0.1, 0.15) is 5.75 Å². The first-order valence-corrected chi connectivity index (χ1v) is 9.06. The van der Waals surface area contributed by atoms with E-state index in [0.29, 0.717) is 11.3 Å². The quantitative estimate of drug-likeness (QED) is 0.433. The van der Waals surface area contributed by atoms with Crippen LogP contribution in [-0.2, 0) is 4.79 Å². The molecule has 7 heteroatoms. The van der Waals surface area contributed by atoms with Crippen LogP contribution in [0, 0.1) is 0 Å². The van der Waals surface area contributed by atoms with Crippen LogP contribution in [0.5, 0.6) is 17.2 Å². The van der Waals surface area contributed by atoms with E-state index in [0.717, 1.165) is 0 Å². The Morgan fingerprint density at radius 2 is 1.52 bits per heavy atom. The van der Waals surface area contributed by atoms with Gasteiger partial charge in [0.15, 0.2) is 17.3 Å². The van der Waals surface area contributed by atoms with Crippen molar-refractivity contribution in [2.24, 2.45) is 0 Å². The maximum atomic E-state index is 12.5. The second-order valence-corrected chi connectivity index (χ2v) is 7.40. The minimum atomic E-state index is -0.654. The molecule has 2 rings (SSSR count). The molecule has 0 aliphatic carbocycles. The van der Waals surface area contributed by atoms with E-state index < -0.39 is 11.9 Å². The average molecular weight is 399 g/mol. The molecule has 29 heavy (non-hydrogen) atoms. The Morgan fingerprint density at radius 3 is 2.07 bits per heavy atom. The van der Waals surface area contributed by atoms with Gasteiger partial charge in [0.25, 0.3) is 0 Å². The average Bonchev–Trinajstić information content (AvgIpc) is 2.66. The lowest BCUT2D eigenvalue weighted by atomic mass is 10.1. The van der Waals surface area contributed by atoms with Gasteiger partial charge in [-0.15, -0.1) is 0 Å². The number of carbonyl (C=O) groups is 3. The molecule has 0 amide bonds. The normalized spacial score (nSPS) is 10.9. The lowest BCUT2D eigenvalue weighted by Crippen LogP contribution is -2.39. The minimum absolute atomic E-state index is 0.0115. The molecule has 2 aromatic rings. The third-order valence-corrected chi connectivity index (χ3v) is 3.83. The summed E-state index contributed by atoms with van der Waals surface area (Å²) in [6.45, 7) is 7.20. The fourth-order valence-electron chi connectivity index (χ4n) is 2.33. The predicted octanol–water partition coefficient (Wildman–Crippen LogP) is 3.41. The molecule has 0 saturated heterocycles. The Labute approximate surface area is 170 Å². The molecule has 0 saturated carbocycles. The van der Waals surface area contributed by atoms with E-state index in [1.165, 1.54) is 32.2 Å². The van der Waals surface area contributed by atoms with Gasteiger partial charge in [-0.3, -0.25) is 9.59 Å². The zero-order chi connectivity index (χ0) is 21.6. The summed E-state index contributed by atoms with van der Waals surface area (Å²) >= 11 is 0. The van der Waals surface area contributed by atoms with Crippen LogP contribution in [0.1, 0.15) is 48.4 Å². The molecule has 0 atom stereocenters. The fourth-order valence-corrected chi connectivity index (χ4v) is 2.33. The van der Waals surface area contributed by atoms with Gasteiger partial charge in [-0.25, -0.2) is 4.79 Å². The lowest BCUT2D eigenvalue weighted by molar-refractivity contribution is -0.132. The summed E-state index contributed by atoms with van der Waals surface area (Å²) in [7, 11) is 1.52. The van der Waals surface area contributed by atoms with E-state index in [1.807, 2.05) is 20.8 Å². The van der Waals surface area contributed by atoms with Crippen molar-refractivity contribution in [3.63, 3.8) is 0 Å². The molecular weight excluding hydrogens is 374 g/mol. The van der Waals surface area contributed by atoms with Crippen LogP contribution in [-0.4, -0.2) is 36.9 Å². The number of hydrogen-bond donors (Lipinski definition) is 1. The number of benzene rings is 2. The van der Waals surface area contributed by atoms with Crippen molar-refractivity contribution in [3.05, 3.63) is 53.6 Å². The van der Waals surface area contributed by atoms with E-state index in [4.69, 9.17) is 14.2 Å². The summed E-state index contributed by atoms with van der Waals surface area (Å²) in [5.74, 6) is -0.766. The molecular formula is C22H25NO6. The van der Waals surface area contributed by atoms with Gasteiger partial charge in [-0.2, -0.15) is 0 Å². The zero-order valence-electron chi connectivity index (χ0n) is 17.2. The topological polar surface area (TPSA) is 90.9 Å². The molecule has 0 spiro atoms. The van der Waals surface area contributed by atoms with E-state index in [-0.39, 0.29) is 34.9 Å². The number of esters is 2. The van der Waals surface area contributed by atoms with Crippen LogP contribution in [0.25, 0.3) is 0 Å². The largest absolute Gasteiger partial charge is 0.497 e. The first-order valence-electron chi connectivity index (χ1n) is 9.06. The van der Waals surface area contributed by atoms with E-state index in [9.17, 15) is 14.4 Å². The summed E-state index contributed by atoms with van der Waals surface area (Å²) in [5, 5.41) is 3.11. The molecule has 0 fully saturated rings. The lowest BCUT2D eigenvalue weighted by Gasteiger charge is -2.20. The Balaban J connectivity index is 2.27. The number of Topliss-reactive ketones (excluding diaryl/α,β-unsaturated/α-hetero) is 1. The van der Waals surface area contributed by atoms with E-state index in [2.05, 4.69) is 5.32 Å². The summed E-state index contributed by atoms with van der Waals surface area (Å²) in [5.41, 5.74) is 0.387. The molecule has 0 heterocycles. The molecule has 0 aliphatic heterocycles. The Morgan fingerprint density at radius 1 is 0.897 bits per heavy atom. The van der Waals surface area contributed by atoms with Crippen molar-refractivity contribution in [2.45, 2.75) is 33.2 Å². The summed E-state index contributed by atoms with van der Waals surface area (Å²) < 4.78 is 15.6. The van der Waals surface area contributed by atoms with Gasteiger partial charge in [0.05, 0.1) is 19.2 Å². The van der Waals surface area contributed by atoms with E-state index in [1.54, 1.807) is 24.3 Å². The highest BCUT2D eigenvalue weighted by molar-refractivity contribution is 5.99. The maximum absolute atomic E-state index is 12.5. The van der Waals surface area contributed by atoms with Crippen LogP contribution in [0.2, 0.25) is 0 Å². The molecule has 0 aromatic heterocycles. The number of carbonyl (C=O) groups excluding carboxylic acids is 3. The van der Waals surface area contributed by atoms with Gasteiger partial charge in [-0.1, -0.05) is 0 Å². The van der Waals surface area contributed by atoms with Gasteiger partial charge in [-0.05, 0) is 63.2 Å². The third kappa shape index (κ3) is 6.73. The van der Waals surface area contributed by atoms with E-state index >= 15 is 0 Å². The Kier molecular flexibility index (Phi) is 7.12. The molecule has 0 aliphatic rings. The highest BCUT2D eigenvalue weighted by atomic mass is 16.6. The zero-order valence-corrected chi connectivity index (χ0v) is 17.2. The SMILES string of the molecule is COc1ccc(C(=O)Oc2cc(C(=O)CNC(C)(C)C)ccc2OC(C)=O)cc1. The minimum Gasteiger partial charge on any atom is -0.497 e. The standard InChI is InChI=1S/C22H25NO6/c1-14(24)28-19-11-8-16(18(25)13-23-22(2,3)4)12-20(19)29-21(26)15-6-9-17(27-5)10-7-15/h6-12,23H,13H2,1-5H3. The van der Waals surface area contributed by atoms with Crippen LogP contribution in [0.4, 0.5) is 0 Å². The Bertz CT molecular complexity index is 897. The smallest absolute Gasteiger partial charge is 0.343 e. The van der Waals surface area contributed by atoms with Gasteiger partial charge < -0.3 is 19.5 Å². The molecule has 2 aromatic carbocycles. The molecule has 154 valence electrons. The first-order chi connectivity index (χ1) is 13.6. The highest BCUT2D eigenvalue weighted by Gasteiger charge is 2.18. The summed E-state index contributed by atoms with van der Waals surface area (Å²) in [4.78, 5) is 36.3. The van der Waals surface area contributed by atoms with Crippen LogP contribution < -0.4 is 19.5 Å². The second kappa shape index (κ2) is 9.34. The summed E-state index contributed by atoms with van der Waals surface area (Å²) in [6.07, 6.45) is 0. The molecule has 1 N–H and O–H groups in total. The maximum Gasteiger partial charge on any atom is 0.343 e. The van der Waals surface area contributed by atoms with Crippen molar-refractivity contribution >= 4 is 17.7 Å². The second-order valence-electron chi connectivity index (χ2n) is 7.40. The number of nitrogens with one attached hydrogen (secondary N) is 1. The van der Waals surface area contributed by atoms with Crippen molar-refractivity contribution < 1.29 is 28.6 Å². The van der Waals surface area contributed by atoms with Crippen molar-refractivity contribution in [1.82, 2.24) is 5.32 Å². The van der Waals surface area contributed by atoms with Crippen LogP contribution in [0.15, 0.2) is 42.5 Å². The number of methoxy groups -OCH3 is 1. The van der Waals surface area contributed by atoms with Crippen molar-refractivity contribution in [2.75, 3.05) is 13.7 Å². The number of ketones is 1. The van der Waals surface area contributed by atoms with Crippen molar-refractivity contribution in [1.29, 1.82) is 0 Å². The molecule has 7 nitrogen and oxygen atoms in total.